The maximum Gasteiger partial charge on any atom is 0.330 e. The molecule has 0 amide bonds. The molecule has 76 valence electrons. The largest absolute Gasteiger partial charge is 0.457 e. The summed E-state index contributed by atoms with van der Waals surface area (Å²) in [5.41, 5.74) is -0.340. The van der Waals surface area contributed by atoms with E-state index in [0.717, 1.165) is 19.3 Å². The fraction of sp³-hybridized carbons (Fsp3) is 0.727. The maximum absolute atomic E-state index is 11.2. The molecule has 0 saturated carbocycles. The monoisotopic (exact) mass is 184 g/mol. The summed E-state index contributed by atoms with van der Waals surface area (Å²) in [6, 6.07) is 0. The molecule has 0 N–H and O–H groups in total. The number of allylic oxidation sites excluding steroid dienone is 1. The van der Waals surface area contributed by atoms with Crippen molar-refractivity contribution in [3.63, 3.8) is 0 Å². The van der Waals surface area contributed by atoms with E-state index in [1.165, 1.54) is 6.08 Å². The third-order valence-corrected chi connectivity index (χ3v) is 1.94. The van der Waals surface area contributed by atoms with Crippen molar-refractivity contribution in [2.75, 3.05) is 0 Å². The number of ether oxygens (including phenoxy) is 1. The van der Waals surface area contributed by atoms with Crippen LogP contribution in [-0.4, -0.2) is 11.6 Å². The number of carbonyl (C=O) groups is 1. The first-order valence-electron chi connectivity index (χ1n) is 4.91. The molecule has 0 spiro atoms. The van der Waals surface area contributed by atoms with Crippen LogP contribution in [0.25, 0.3) is 0 Å². The molecular weight excluding hydrogens is 164 g/mol. The summed E-state index contributed by atoms with van der Waals surface area (Å²) in [5.74, 6) is -0.236. The van der Waals surface area contributed by atoms with Crippen molar-refractivity contribution >= 4 is 5.97 Å². The van der Waals surface area contributed by atoms with E-state index in [4.69, 9.17) is 4.74 Å². The second kappa shape index (κ2) is 5.79. The first kappa shape index (κ1) is 12.2. The number of hydrogen-bond acceptors (Lipinski definition) is 2. The normalized spacial score (nSPS) is 12.0. The first-order chi connectivity index (χ1) is 6.02. The summed E-state index contributed by atoms with van der Waals surface area (Å²) in [6.07, 6.45) is 6.19. The van der Waals surface area contributed by atoms with Gasteiger partial charge in [0.05, 0.1) is 0 Å². The molecular formula is C11H20O2. The quantitative estimate of drug-likeness (QED) is 0.485. The smallest absolute Gasteiger partial charge is 0.330 e. The van der Waals surface area contributed by atoms with Gasteiger partial charge in [0, 0.05) is 6.08 Å². The highest BCUT2D eigenvalue weighted by Gasteiger charge is 2.18. The SMILES string of the molecule is CCCC=CC(=O)OC(C)(C)CC. The van der Waals surface area contributed by atoms with E-state index in [9.17, 15) is 4.79 Å². The van der Waals surface area contributed by atoms with Crippen molar-refractivity contribution in [3.05, 3.63) is 12.2 Å². The number of unbranched alkanes of at least 4 members (excludes halogenated alkanes) is 1. The molecule has 0 aliphatic rings. The zero-order valence-corrected chi connectivity index (χ0v) is 9.09. The summed E-state index contributed by atoms with van der Waals surface area (Å²) in [7, 11) is 0. The Morgan fingerprint density at radius 3 is 2.46 bits per heavy atom. The Morgan fingerprint density at radius 2 is 2.00 bits per heavy atom. The van der Waals surface area contributed by atoms with Crippen LogP contribution in [0.1, 0.15) is 47.0 Å². The minimum atomic E-state index is -0.340. The Hall–Kier alpha value is -0.790. The van der Waals surface area contributed by atoms with Gasteiger partial charge in [0.15, 0.2) is 0 Å². The van der Waals surface area contributed by atoms with E-state index in [2.05, 4.69) is 6.92 Å². The third-order valence-electron chi connectivity index (χ3n) is 1.94. The van der Waals surface area contributed by atoms with Crippen LogP contribution in [0.3, 0.4) is 0 Å². The molecule has 0 aromatic heterocycles. The molecule has 0 aliphatic carbocycles. The molecule has 0 unspecified atom stereocenters. The molecule has 0 bridgehead atoms. The van der Waals surface area contributed by atoms with Gasteiger partial charge in [-0.25, -0.2) is 4.79 Å². The van der Waals surface area contributed by atoms with Crippen molar-refractivity contribution in [3.8, 4) is 0 Å². The minimum absolute atomic E-state index is 0.236. The van der Waals surface area contributed by atoms with Crippen LogP contribution in [-0.2, 0) is 9.53 Å². The molecule has 0 aromatic carbocycles. The van der Waals surface area contributed by atoms with Crippen molar-refractivity contribution in [1.29, 1.82) is 0 Å². The molecule has 0 fully saturated rings. The van der Waals surface area contributed by atoms with Gasteiger partial charge in [0.2, 0.25) is 0 Å². The van der Waals surface area contributed by atoms with Gasteiger partial charge in [-0.3, -0.25) is 0 Å². The van der Waals surface area contributed by atoms with E-state index in [1.807, 2.05) is 26.8 Å². The van der Waals surface area contributed by atoms with Crippen molar-refractivity contribution in [1.82, 2.24) is 0 Å². The lowest BCUT2D eigenvalue weighted by atomic mass is 10.1. The summed E-state index contributed by atoms with van der Waals surface area (Å²) in [6.45, 7) is 7.91. The zero-order valence-electron chi connectivity index (χ0n) is 9.09. The summed E-state index contributed by atoms with van der Waals surface area (Å²) in [5, 5.41) is 0. The first-order valence-corrected chi connectivity index (χ1v) is 4.91. The van der Waals surface area contributed by atoms with Gasteiger partial charge >= 0.3 is 5.97 Å². The highest BCUT2D eigenvalue weighted by molar-refractivity contribution is 5.82. The average molecular weight is 184 g/mol. The lowest BCUT2D eigenvalue weighted by Crippen LogP contribution is -2.25. The second-order valence-corrected chi connectivity index (χ2v) is 3.73. The van der Waals surface area contributed by atoms with E-state index in [-0.39, 0.29) is 11.6 Å². The molecule has 0 aromatic rings. The third kappa shape index (κ3) is 6.38. The average Bonchev–Trinajstić information content (AvgIpc) is 2.04. The number of hydrogen-bond donors (Lipinski definition) is 0. The van der Waals surface area contributed by atoms with Gasteiger partial charge in [-0.05, 0) is 26.7 Å². The van der Waals surface area contributed by atoms with Crippen LogP contribution >= 0.6 is 0 Å². The Morgan fingerprint density at radius 1 is 1.38 bits per heavy atom. The summed E-state index contributed by atoms with van der Waals surface area (Å²) >= 11 is 0. The van der Waals surface area contributed by atoms with Crippen LogP contribution in [0.5, 0.6) is 0 Å². The van der Waals surface area contributed by atoms with Gasteiger partial charge in [0.1, 0.15) is 5.60 Å². The van der Waals surface area contributed by atoms with Crippen LogP contribution in [0.2, 0.25) is 0 Å². The molecule has 2 heteroatoms. The van der Waals surface area contributed by atoms with Gasteiger partial charge < -0.3 is 4.74 Å². The Bertz CT molecular complexity index is 181. The Labute approximate surface area is 81.0 Å². The summed E-state index contributed by atoms with van der Waals surface area (Å²) < 4.78 is 5.21. The van der Waals surface area contributed by atoms with Gasteiger partial charge in [-0.15, -0.1) is 0 Å². The highest BCUT2D eigenvalue weighted by atomic mass is 16.6. The molecule has 0 heterocycles. The second-order valence-electron chi connectivity index (χ2n) is 3.73. The Kier molecular flexibility index (Phi) is 5.44. The van der Waals surface area contributed by atoms with Gasteiger partial charge in [0.25, 0.3) is 0 Å². The van der Waals surface area contributed by atoms with Crippen LogP contribution in [0.4, 0.5) is 0 Å². The highest BCUT2D eigenvalue weighted by Crippen LogP contribution is 2.13. The molecule has 0 aliphatic heterocycles. The number of esters is 1. The Balaban J connectivity index is 3.87. The molecule has 2 nitrogen and oxygen atoms in total. The van der Waals surface area contributed by atoms with E-state index in [0.29, 0.717) is 0 Å². The standard InChI is InChI=1S/C11H20O2/c1-5-7-8-9-10(12)13-11(3,4)6-2/h8-9H,5-7H2,1-4H3. The fourth-order valence-electron chi connectivity index (χ4n) is 0.725. The topological polar surface area (TPSA) is 26.3 Å². The van der Waals surface area contributed by atoms with Crippen LogP contribution < -0.4 is 0 Å². The van der Waals surface area contributed by atoms with Crippen molar-refractivity contribution in [2.45, 2.75) is 52.6 Å². The lowest BCUT2D eigenvalue weighted by molar-refractivity contribution is -0.150. The molecule has 0 atom stereocenters. The molecule has 0 radical (unpaired) electrons. The molecule has 0 rings (SSSR count). The maximum atomic E-state index is 11.2. The number of carbonyl (C=O) groups excluding carboxylic acids is 1. The van der Waals surface area contributed by atoms with Crippen LogP contribution in [0, 0.1) is 0 Å². The predicted octanol–water partition coefficient (Wildman–Crippen LogP) is 3.07. The van der Waals surface area contributed by atoms with Crippen molar-refractivity contribution < 1.29 is 9.53 Å². The minimum Gasteiger partial charge on any atom is -0.457 e. The number of rotatable bonds is 5. The van der Waals surface area contributed by atoms with E-state index < -0.39 is 0 Å². The van der Waals surface area contributed by atoms with Gasteiger partial charge in [-0.2, -0.15) is 0 Å². The molecule has 13 heavy (non-hydrogen) atoms. The van der Waals surface area contributed by atoms with E-state index >= 15 is 0 Å². The fourth-order valence-corrected chi connectivity index (χ4v) is 0.725. The van der Waals surface area contributed by atoms with Crippen molar-refractivity contribution in [2.24, 2.45) is 0 Å². The zero-order chi connectivity index (χ0) is 10.3. The lowest BCUT2D eigenvalue weighted by Gasteiger charge is -2.22. The molecule has 0 saturated heterocycles. The van der Waals surface area contributed by atoms with E-state index in [1.54, 1.807) is 0 Å². The van der Waals surface area contributed by atoms with Gasteiger partial charge in [-0.1, -0.05) is 26.3 Å². The predicted molar refractivity (Wildman–Crippen MR) is 54.5 cm³/mol. The summed E-state index contributed by atoms with van der Waals surface area (Å²) in [4.78, 5) is 11.2. The van der Waals surface area contributed by atoms with Crippen LogP contribution in [0.15, 0.2) is 12.2 Å².